The lowest BCUT2D eigenvalue weighted by Crippen LogP contribution is -2.10. The van der Waals surface area contributed by atoms with Gasteiger partial charge in [0.2, 0.25) is 5.95 Å². The molecule has 27 heavy (non-hydrogen) atoms. The Balaban J connectivity index is 1.61. The summed E-state index contributed by atoms with van der Waals surface area (Å²) in [6.45, 7) is 2.99. The fourth-order valence-corrected chi connectivity index (χ4v) is 3.07. The first-order valence-electron chi connectivity index (χ1n) is 8.78. The van der Waals surface area contributed by atoms with Crippen molar-refractivity contribution in [1.29, 1.82) is 0 Å². The molecule has 0 bridgehead atoms. The summed E-state index contributed by atoms with van der Waals surface area (Å²) in [7, 11) is 0. The fourth-order valence-electron chi connectivity index (χ4n) is 3.07. The number of aromatic nitrogens is 3. The summed E-state index contributed by atoms with van der Waals surface area (Å²) in [4.78, 5) is 19.0. The molecule has 4 rings (SSSR count). The van der Waals surface area contributed by atoms with Crippen LogP contribution in [0.5, 0.6) is 0 Å². The summed E-state index contributed by atoms with van der Waals surface area (Å²) in [6, 6.07) is 19.2. The number of nitrogens with one attached hydrogen (secondary N) is 2. The summed E-state index contributed by atoms with van der Waals surface area (Å²) in [5.74, 6) is 0.303. The number of hydrogen-bond donors (Lipinski definition) is 2. The molecule has 0 aliphatic carbocycles. The van der Waals surface area contributed by atoms with Crippen molar-refractivity contribution in [2.45, 2.75) is 13.5 Å². The molecule has 0 spiro atoms. The van der Waals surface area contributed by atoms with Crippen molar-refractivity contribution in [2.24, 2.45) is 5.10 Å². The van der Waals surface area contributed by atoms with E-state index < -0.39 is 0 Å². The second-order valence-electron chi connectivity index (χ2n) is 6.10. The molecule has 0 unspecified atom stereocenters. The minimum absolute atomic E-state index is 0.232. The van der Waals surface area contributed by atoms with Crippen LogP contribution in [0.2, 0.25) is 0 Å². The van der Waals surface area contributed by atoms with Gasteiger partial charge in [-0.25, -0.2) is 10.4 Å². The highest BCUT2D eigenvalue weighted by molar-refractivity contribution is 5.99. The minimum atomic E-state index is -0.232. The van der Waals surface area contributed by atoms with Gasteiger partial charge < -0.3 is 4.57 Å². The van der Waals surface area contributed by atoms with E-state index in [1.165, 1.54) is 11.6 Å². The van der Waals surface area contributed by atoms with Crippen LogP contribution in [-0.4, -0.2) is 20.7 Å². The van der Waals surface area contributed by atoms with Gasteiger partial charge in [-0.15, -0.1) is 0 Å². The number of aryl methyl sites for hydroxylation is 1. The third-order valence-electron chi connectivity index (χ3n) is 4.35. The predicted octanol–water partition coefficient (Wildman–Crippen LogP) is 3.86. The fraction of sp³-hybridized carbons (Fsp3) is 0.0952. The Morgan fingerprint density at radius 1 is 1.15 bits per heavy atom. The van der Waals surface area contributed by atoms with E-state index in [1.807, 2.05) is 42.5 Å². The lowest BCUT2D eigenvalue weighted by atomic mass is 10.1. The van der Waals surface area contributed by atoms with E-state index in [0.717, 1.165) is 23.1 Å². The van der Waals surface area contributed by atoms with Gasteiger partial charge in [0.05, 0.1) is 11.9 Å². The molecule has 0 saturated heterocycles. The van der Waals surface area contributed by atoms with Crippen molar-refractivity contribution in [2.75, 3.05) is 5.43 Å². The van der Waals surface area contributed by atoms with E-state index in [4.69, 9.17) is 0 Å². The first-order chi connectivity index (χ1) is 13.2. The molecule has 0 radical (unpaired) electrons. The summed E-state index contributed by atoms with van der Waals surface area (Å²) in [6.07, 6.45) is 3.80. The predicted molar refractivity (Wildman–Crippen MR) is 109 cm³/mol. The Labute approximate surface area is 156 Å². The van der Waals surface area contributed by atoms with Crippen molar-refractivity contribution < 1.29 is 0 Å². The highest BCUT2D eigenvalue weighted by Crippen LogP contribution is 2.20. The topological polar surface area (TPSA) is 75.1 Å². The van der Waals surface area contributed by atoms with Crippen molar-refractivity contribution in [3.8, 4) is 11.3 Å². The molecular weight excluding hydrogens is 338 g/mol. The molecule has 2 heterocycles. The molecule has 4 aromatic rings. The highest BCUT2D eigenvalue weighted by Gasteiger charge is 2.06. The molecule has 2 aromatic carbocycles. The number of para-hydroxylation sites is 1. The number of benzene rings is 2. The van der Waals surface area contributed by atoms with Gasteiger partial charge in [-0.2, -0.15) is 5.10 Å². The molecule has 0 atom stereocenters. The molecule has 6 nitrogen and oxygen atoms in total. The first kappa shape index (κ1) is 16.8. The van der Waals surface area contributed by atoms with E-state index in [-0.39, 0.29) is 5.56 Å². The van der Waals surface area contributed by atoms with Gasteiger partial charge in [0.1, 0.15) is 0 Å². The highest BCUT2D eigenvalue weighted by atomic mass is 16.1. The molecule has 0 aliphatic rings. The van der Waals surface area contributed by atoms with E-state index in [0.29, 0.717) is 11.6 Å². The van der Waals surface area contributed by atoms with Crippen LogP contribution in [0.4, 0.5) is 5.95 Å². The zero-order chi connectivity index (χ0) is 18.6. The third kappa shape index (κ3) is 3.50. The quantitative estimate of drug-likeness (QED) is 0.421. The lowest BCUT2D eigenvalue weighted by Gasteiger charge is -2.03. The Hall–Kier alpha value is -3.67. The maximum atomic E-state index is 11.9. The van der Waals surface area contributed by atoms with Gasteiger partial charge >= 0.3 is 0 Å². The van der Waals surface area contributed by atoms with Crippen LogP contribution in [0.25, 0.3) is 22.2 Å². The number of rotatable bonds is 5. The number of H-pyrrole nitrogens is 1. The molecule has 2 aromatic heterocycles. The smallest absolute Gasteiger partial charge is 0.252 e. The molecule has 0 aliphatic heterocycles. The number of hydrogen-bond acceptors (Lipinski definition) is 4. The van der Waals surface area contributed by atoms with Crippen molar-refractivity contribution >= 4 is 23.1 Å². The van der Waals surface area contributed by atoms with Crippen LogP contribution < -0.4 is 11.0 Å². The normalized spacial score (nSPS) is 11.3. The van der Waals surface area contributed by atoms with Gasteiger partial charge in [-0.05, 0) is 13.0 Å². The Morgan fingerprint density at radius 2 is 1.93 bits per heavy atom. The number of anilines is 1. The minimum Gasteiger partial charge on any atom is -0.347 e. The SMILES string of the molecule is CCn1cc(/C=N\Nc2nc(-c3ccccc3)cc(=O)[nH]2)c2ccccc21. The van der Waals surface area contributed by atoms with Crippen molar-refractivity contribution in [3.05, 3.63) is 82.8 Å². The Morgan fingerprint density at radius 3 is 2.74 bits per heavy atom. The maximum absolute atomic E-state index is 11.9. The van der Waals surface area contributed by atoms with Crippen LogP contribution in [0.1, 0.15) is 12.5 Å². The second kappa shape index (κ2) is 7.29. The summed E-state index contributed by atoms with van der Waals surface area (Å²) >= 11 is 0. The van der Waals surface area contributed by atoms with Crippen molar-refractivity contribution in [1.82, 2.24) is 14.5 Å². The largest absolute Gasteiger partial charge is 0.347 e. The van der Waals surface area contributed by atoms with E-state index in [1.54, 1.807) is 6.21 Å². The first-order valence-corrected chi connectivity index (χ1v) is 8.78. The standard InChI is InChI=1S/C21H19N5O/c1-2-26-14-16(17-10-6-7-11-19(17)26)13-22-25-21-23-18(12-20(27)24-21)15-8-4-3-5-9-15/h3-14H,2H2,1H3,(H2,23,24,25,27)/b22-13-. The Kier molecular flexibility index (Phi) is 4.53. The number of aromatic amines is 1. The van der Waals surface area contributed by atoms with Gasteiger partial charge in [-0.3, -0.25) is 9.78 Å². The van der Waals surface area contributed by atoms with E-state index in [9.17, 15) is 4.79 Å². The molecule has 134 valence electrons. The molecule has 0 amide bonds. The van der Waals surface area contributed by atoms with Crippen molar-refractivity contribution in [3.63, 3.8) is 0 Å². The molecule has 6 heteroatoms. The van der Waals surface area contributed by atoms with Crippen LogP contribution in [0.3, 0.4) is 0 Å². The second-order valence-corrected chi connectivity index (χ2v) is 6.10. The van der Waals surface area contributed by atoms with E-state index >= 15 is 0 Å². The number of hydrazone groups is 1. The van der Waals surface area contributed by atoms with E-state index in [2.05, 4.69) is 50.3 Å². The maximum Gasteiger partial charge on any atom is 0.252 e. The van der Waals surface area contributed by atoms with Crippen LogP contribution >= 0.6 is 0 Å². The summed E-state index contributed by atoms with van der Waals surface area (Å²) in [5, 5.41) is 5.39. The Bertz CT molecular complexity index is 1160. The van der Waals surface area contributed by atoms with Gasteiger partial charge in [0.15, 0.2) is 0 Å². The zero-order valence-corrected chi connectivity index (χ0v) is 14.9. The third-order valence-corrected chi connectivity index (χ3v) is 4.35. The number of nitrogens with zero attached hydrogens (tertiary/aromatic N) is 3. The summed E-state index contributed by atoms with van der Waals surface area (Å²) in [5.41, 5.74) is 6.24. The van der Waals surface area contributed by atoms with Crippen LogP contribution in [-0.2, 0) is 6.54 Å². The summed E-state index contributed by atoms with van der Waals surface area (Å²) < 4.78 is 2.17. The molecule has 2 N–H and O–H groups in total. The lowest BCUT2D eigenvalue weighted by molar-refractivity contribution is 0.797. The van der Waals surface area contributed by atoms with Gasteiger partial charge in [-0.1, -0.05) is 48.5 Å². The molecule has 0 fully saturated rings. The van der Waals surface area contributed by atoms with Crippen LogP contribution in [0.15, 0.2) is 76.8 Å². The average Bonchev–Trinajstić information content (AvgIpc) is 3.06. The van der Waals surface area contributed by atoms with Gasteiger partial charge in [0.25, 0.3) is 5.56 Å². The monoisotopic (exact) mass is 357 g/mol. The van der Waals surface area contributed by atoms with Crippen LogP contribution in [0, 0.1) is 0 Å². The zero-order valence-electron chi connectivity index (χ0n) is 14.9. The van der Waals surface area contributed by atoms with Gasteiger partial charge in [0, 0.05) is 40.8 Å². The number of fused-ring (bicyclic) bond motifs is 1. The average molecular weight is 357 g/mol. The molecular formula is C21H19N5O. The molecule has 0 saturated carbocycles.